The van der Waals surface area contributed by atoms with E-state index in [1.54, 1.807) is 37.3 Å². The van der Waals surface area contributed by atoms with Crippen LogP contribution in [0.1, 0.15) is 18.1 Å². The van der Waals surface area contributed by atoms with Crippen LogP contribution in [0.15, 0.2) is 54.6 Å². The van der Waals surface area contributed by atoms with Crippen molar-refractivity contribution in [2.45, 2.75) is 18.6 Å². The van der Waals surface area contributed by atoms with E-state index in [0.717, 1.165) is 6.07 Å². The number of nitrogens with one attached hydrogen (secondary N) is 2. The molecule has 0 radical (unpaired) electrons. The predicted molar refractivity (Wildman–Crippen MR) is 84.5 cm³/mol. The molecule has 24 heavy (non-hydrogen) atoms. The standard InChI is InChI=1S/C17H17F3N2O2/c1-16(11-23,12-7-3-2-4-8-12)22-15(24)21-14-10-6-5-9-13(14)17(18,19)20/h2-10,23H,11H2,1H3,(H2,21,22,24). The Hall–Kier alpha value is -2.54. The molecule has 2 amide bonds. The SMILES string of the molecule is CC(CO)(NC(=O)Nc1ccccc1C(F)(F)F)c1ccccc1. The van der Waals surface area contributed by atoms with Gasteiger partial charge in [-0.05, 0) is 24.6 Å². The summed E-state index contributed by atoms with van der Waals surface area (Å²) in [6, 6.07) is 12.5. The van der Waals surface area contributed by atoms with Gasteiger partial charge in [-0.1, -0.05) is 42.5 Å². The molecule has 0 fully saturated rings. The van der Waals surface area contributed by atoms with E-state index in [9.17, 15) is 23.1 Å². The highest BCUT2D eigenvalue weighted by Crippen LogP contribution is 2.34. The highest BCUT2D eigenvalue weighted by Gasteiger charge is 2.34. The fraction of sp³-hybridized carbons (Fsp3) is 0.235. The summed E-state index contributed by atoms with van der Waals surface area (Å²) < 4.78 is 38.9. The smallest absolute Gasteiger partial charge is 0.394 e. The molecule has 0 heterocycles. The normalized spacial score (nSPS) is 13.9. The number of aliphatic hydroxyl groups is 1. The molecule has 0 aromatic heterocycles. The number of carbonyl (C=O) groups is 1. The van der Waals surface area contributed by atoms with Crippen molar-refractivity contribution in [3.05, 3.63) is 65.7 Å². The van der Waals surface area contributed by atoms with Crippen LogP contribution in [0.2, 0.25) is 0 Å². The molecule has 0 saturated heterocycles. The molecule has 2 aromatic rings. The van der Waals surface area contributed by atoms with Gasteiger partial charge in [-0.25, -0.2) is 4.79 Å². The number of halogens is 3. The first-order valence-corrected chi connectivity index (χ1v) is 7.18. The number of para-hydroxylation sites is 1. The number of urea groups is 1. The van der Waals surface area contributed by atoms with Crippen LogP contribution < -0.4 is 10.6 Å². The molecule has 0 aliphatic heterocycles. The summed E-state index contributed by atoms with van der Waals surface area (Å²) >= 11 is 0. The summed E-state index contributed by atoms with van der Waals surface area (Å²) in [5, 5.41) is 14.3. The molecule has 2 rings (SSSR count). The molecule has 0 spiro atoms. The van der Waals surface area contributed by atoms with E-state index in [0.29, 0.717) is 5.56 Å². The Kier molecular flexibility index (Phi) is 5.14. The van der Waals surface area contributed by atoms with Crippen molar-refractivity contribution in [2.24, 2.45) is 0 Å². The molecule has 0 aliphatic carbocycles. The van der Waals surface area contributed by atoms with Crippen LogP contribution in [0.4, 0.5) is 23.7 Å². The van der Waals surface area contributed by atoms with Crippen molar-refractivity contribution in [3.8, 4) is 0 Å². The van der Waals surface area contributed by atoms with Crippen LogP contribution >= 0.6 is 0 Å². The minimum Gasteiger partial charge on any atom is -0.394 e. The number of amides is 2. The number of alkyl halides is 3. The molecule has 0 bridgehead atoms. The Balaban J connectivity index is 2.19. The summed E-state index contributed by atoms with van der Waals surface area (Å²) in [4.78, 5) is 12.1. The molecule has 128 valence electrons. The topological polar surface area (TPSA) is 61.4 Å². The van der Waals surface area contributed by atoms with Crippen LogP contribution in [0.5, 0.6) is 0 Å². The van der Waals surface area contributed by atoms with Crippen molar-refractivity contribution in [1.82, 2.24) is 5.32 Å². The van der Waals surface area contributed by atoms with E-state index in [1.807, 2.05) is 0 Å². The van der Waals surface area contributed by atoms with Gasteiger partial charge in [-0.15, -0.1) is 0 Å². The van der Waals surface area contributed by atoms with Crippen molar-refractivity contribution in [3.63, 3.8) is 0 Å². The second kappa shape index (κ2) is 6.92. The Morgan fingerprint density at radius 2 is 1.62 bits per heavy atom. The summed E-state index contributed by atoms with van der Waals surface area (Å²) in [5.74, 6) is 0. The third kappa shape index (κ3) is 4.05. The Labute approximate surface area is 137 Å². The van der Waals surface area contributed by atoms with Crippen LogP contribution in [-0.4, -0.2) is 17.7 Å². The molecule has 1 atom stereocenters. The first-order chi connectivity index (χ1) is 11.3. The molecular weight excluding hydrogens is 321 g/mol. The largest absolute Gasteiger partial charge is 0.418 e. The zero-order valence-electron chi connectivity index (χ0n) is 12.9. The Bertz CT molecular complexity index is 704. The van der Waals surface area contributed by atoms with Gasteiger partial charge in [0.25, 0.3) is 0 Å². The second-order valence-corrected chi connectivity index (χ2v) is 5.48. The zero-order valence-corrected chi connectivity index (χ0v) is 12.9. The number of rotatable bonds is 4. The Morgan fingerprint density at radius 3 is 2.21 bits per heavy atom. The van der Waals surface area contributed by atoms with Gasteiger partial charge in [0.2, 0.25) is 0 Å². The van der Waals surface area contributed by atoms with Crippen molar-refractivity contribution >= 4 is 11.7 Å². The van der Waals surface area contributed by atoms with Gasteiger partial charge in [0.15, 0.2) is 0 Å². The maximum atomic E-state index is 13.0. The first kappa shape index (κ1) is 17.8. The maximum absolute atomic E-state index is 13.0. The predicted octanol–water partition coefficient (Wildman–Crippen LogP) is 3.73. The number of hydrogen-bond acceptors (Lipinski definition) is 2. The molecule has 0 aliphatic rings. The highest BCUT2D eigenvalue weighted by atomic mass is 19.4. The number of benzene rings is 2. The van der Waals surface area contributed by atoms with Crippen LogP contribution in [0.3, 0.4) is 0 Å². The highest BCUT2D eigenvalue weighted by molar-refractivity contribution is 5.90. The lowest BCUT2D eigenvalue weighted by molar-refractivity contribution is -0.136. The number of carbonyl (C=O) groups excluding carboxylic acids is 1. The molecule has 0 saturated carbocycles. The van der Waals surface area contributed by atoms with E-state index < -0.39 is 29.9 Å². The van der Waals surface area contributed by atoms with Crippen molar-refractivity contribution in [1.29, 1.82) is 0 Å². The van der Waals surface area contributed by atoms with Gasteiger partial charge < -0.3 is 15.7 Å². The monoisotopic (exact) mass is 338 g/mol. The van der Waals surface area contributed by atoms with Gasteiger partial charge in [0.05, 0.1) is 23.4 Å². The van der Waals surface area contributed by atoms with E-state index in [-0.39, 0.29) is 5.69 Å². The van der Waals surface area contributed by atoms with Crippen LogP contribution in [0, 0.1) is 0 Å². The van der Waals surface area contributed by atoms with Gasteiger partial charge in [-0.2, -0.15) is 13.2 Å². The maximum Gasteiger partial charge on any atom is 0.418 e. The fourth-order valence-corrected chi connectivity index (χ4v) is 2.25. The molecular formula is C17H17F3N2O2. The van der Waals surface area contributed by atoms with E-state index in [4.69, 9.17) is 0 Å². The average molecular weight is 338 g/mol. The first-order valence-electron chi connectivity index (χ1n) is 7.18. The molecule has 7 heteroatoms. The average Bonchev–Trinajstić information content (AvgIpc) is 2.55. The minimum absolute atomic E-state index is 0.351. The van der Waals surface area contributed by atoms with Crippen molar-refractivity contribution in [2.75, 3.05) is 11.9 Å². The Morgan fingerprint density at radius 1 is 1.04 bits per heavy atom. The van der Waals surface area contributed by atoms with Gasteiger partial charge in [-0.3, -0.25) is 0 Å². The minimum atomic E-state index is -4.58. The lowest BCUT2D eigenvalue weighted by atomic mass is 9.93. The third-order valence-corrected chi connectivity index (χ3v) is 3.60. The van der Waals surface area contributed by atoms with Crippen LogP contribution in [0.25, 0.3) is 0 Å². The lowest BCUT2D eigenvalue weighted by Gasteiger charge is -2.29. The van der Waals surface area contributed by atoms with Gasteiger partial charge in [0.1, 0.15) is 0 Å². The third-order valence-electron chi connectivity index (χ3n) is 3.60. The fourth-order valence-electron chi connectivity index (χ4n) is 2.25. The summed E-state index contributed by atoms with van der Waals surface area (Å²) in [7, 11) is 0. The van der Waals surface area contributed by atoms with Crippen molar-refractivity contribution < 1.29 is 23.1 Å². The molecule has 3 N–H and O–H groups in total. The summed E-state index contributed by atoms with van der Waals surface area (Å²) in [5.41, 5.74) is -1.79. The van der Waals surface area contributed by atoms with E-state index >= 15 is 0 Å². The number of hydrogen-bond donors (Lipinski definition) is 3. The zero-order chi connectivity index (χ0) is 17.8. The lowest BCUT2D eigenvalue weighted by Crippen LogP contribution is -2.48. The number of anilines is 1. The summed E-state index contributed by atoms with van der Waals surface area (Å²) in [6.45, 7) is 1.17. The molecule has 4 nitrogen and oxygen atoms in total. The second-order valence-electron chi connectivity index (χ2n) is 5.48. The van der Waals surface area contributed by atoms with E-state index in [2.05, 4.69) is 10.6 Å². The quantitative estimate of drug-likeness (QED) is 0.795. The van der Waals surface area contributed by atoms with Gasteiger partial charge >= 0.3 is 12.2 Å². The van der Waals surface area contributed by atoms with E-state index in [1.165, 1.54) is 18.2 Å². The van der Waals surface area contributed by atoms with Crippen LogP contribution in [-0.2, 0) is 11.7 Å². The van der Waals surface area contributed by atoms with Gasteiger partial charge in [0, 0.05) is 0 Å². The summed E-state index contributed by atoms with van der Waals surface area (Å²) in [6.07, 6.45) is -4.58. The molecule has 2 aromatic carbocycles. The number of aliphatic hydroxyl groups excluding tert-OH is 1. The molecule has 1 unspecified atom stereocenters.